The number of aryl methyl sites for hydroxylation is 1. The fourth-order valence-corrected chi connectivity index (χ4v) is 1.89. The molecule has 0 fully saturated rings. The first-order chi connectivity index (χ1) is 9.52. The van der Waals surface area contributed by atoms with Gasteiger partial charge in [-0.3, -0.25) is 5.41 Å². The lowest BCUT2D eigenvalue weighted by Crippen LogP contribution is -2.12. The first-order valence-electron chi connectivity index (χ1n) is 6.29. The predicted molar refractivity (Wildman–Crippen MR) is 80.0 cm³/mol. The first kappa shape index (κ1) is 13.9. The van der Waals surface area contributed by atoms with Gasteiger partial charge in [0.15, 0.2) is 0 Å². The van der Waals surface area contributed by atoms with Crippen molar-refractivity contribution in [3.05, 3.63) is 53.1 Å². The van der Waals surface area contributed by atoms with Crippen molar-refractivity contribution in [1.29, 1.82) is 5.41 Å². The van der Waals surface area contributed by atoms with Crippen LogP contribution in [0.4, 0.5) is 0 Å². The van der Waals surface area contributed by atoms with Gasteiger partial charge in [0.1, 0.15) is 23.1 Å². The predicted octanol–water partition coefficient (Wildman–Crippen LogP) is 3.39. The molecule has 0 aliphatic carbocycles. The average Bonchev–Trinajstić information content (AvgIpc) is 2.43. The van der Waals surface area contributed by atoms with Crippen molar-refractivity contribution < 1.29 is 9.47 Å². The number of hydrogen-bond donors (Lipinski definition) is 2. The third-order valence-corrected chi connectivity index (χ3v) is 3.25. The lowest BCUT2D eigenvalue weighted by atomic mass is 10.1. The number of nitrogens with two attached hydrogens (primary N) is 1. The van der Waals surface area contributed by atoms with Crippen molar-refractivity contribution in [3.8, 4) is 17.2 Å². The lowest BCUT2D eigenvalue weighted by molar-refractivity contribution is 0.408. The molecule has 2 rings (SSSR count). The normalized spacial score (nSPS) is 10.2. The average molecular weight is 270 g/mol. The number of hydrogen-bond acceptors (Lipinski definition) is 3. The molecule has 104 valence electrons. The van der Waals surface area contributed by atoms with Gasteiger partial charge in [-0.25, -0.2) is 0 Å². The van der Waals surface area contributed by atoms with Gasteiger partial charge in [-0.2, -0.15) is 0 Å². The van der Waals surface area contributed by atoms with Gasteiger partial charge in [0.05, 0.1) is 12.7 Å². The molecule has 0 saturated carbocycles. The molecule has 0 radical (unpaired) electrons. The van der Waals surface area contributed by atoms with Crippen LogP contribution in [0.5, 0.6) is 17.2 Å². The molecule has 0 amide bonds. The van der Waals surface area contributed by atoms with Crippen LogP contribution in [-0.4, -0.2) is 12.9 Å². The number of nitrogen functional groups attached to an aromatic ring is 1. The van der Waals surface area contributed by atoms with E-state index in [4.69, 9.17) is 20.6 Å². The molecular weight excluding hydrogens is 252 g/mol. The van der Waals surface area contributed by atoms with Gasteiger partial charge < -0.3 is 15.2 Å². The quantitative estimate of drug-likeness (QED) is 0.661. The minimum atomic E-state index is -0.0343. The Hall–Kier alpha value is -2.49. The molecule has 3 N–H and O–H groups in total. The molecule has 0 atom stereocenters. The number of amidine groups is 1. The van der Waals surface area contributed by atoms with Crippen molar-refractivity contribution in [3.63, 3.8) is 0 Å². The molecule has 0 aliphatic rings. The Kier molecular flexibility index (Phi) is 3.94. The summed E-state index contributed by atoms with van der Waals surface area (Å²) in [5, 5.41) is 7.62. The summed E-state index contributed by atoms with van der Waals surface area (Å²) in [4.78, 5) is 0. The molecule has 0 bridgehead atoms. The molecule has 4 nitrogen and oxygen atoms in total. The molecule has 0 aromatic heterocycles. The van der Waals surface area contributed by atoms with Crippen LogP contribution >= 0.6 is 0 Å². The van der Waals surface area contributed by atoms with E-state index >= 15 is 0 Å². The third-order valence-electron chi connectivity index (χ3n) is 3.25. The van der Waals surface area contributed by atoms with Gasteiger partial charge in [-0.05, 0) is 43.2 Å². The van der Waals surface area contributed by atoms with Crippen molar-refractivity contribution in [2.45, 2.75) is 13.8 Å². The second kappa shape index (κ2) is 5.65. The van der Waals surface area contributed by atoms with Gasteiger partial charge in [0.25, 0.3) is 0 Å². The van der Waals surface area contributed by atoms with Crippen LogP contribution in [-0.2, 0) is 0 Å². The van der Waals surface area contributed by atoms with Gasteiger partial charge >= 0.3 is 0 Å². The smallest absolute Gasteiger partial charge is 0.142 e. The summed E-state index contributed by atoms with van der Waals surface area (Å²) in [6, 6.07) is 11.1. The van der Waals surface area contributed by atoms with Crippen molar-refractivity contribution in [2.24, 2.45) is 5.73 Å². The van der Waals surface area contributed by atoms with Crippen LogP contribution in [0, 0.1) is 19.3 Å². The van der Waals surface area contributed by atoms with Crippen molar-refractivity contribution in [2.75, 3.05) is 7.11 Å². The van der Waals surface area contributed by atoms with E-state index in [1.165, 1.54) is 0 Å². The van der Waals surface area contributed by atoms with Gasteiger partial charge in [-0.1, -0.05) is 12.1 Å². The van der Waals surface area contributed by atoms with Gasteiger partial charge in [-0.15, -0.1) is 0 Å². The minimum absolute atomic E-state index is 0.0343. The fraction of sp³-hybridized carbons (Fsp3) is 0.188. The highest BCUT2D eigenvalue weighted by molar-refractivity contribution is 5.97. The highest BCUT2D eigenvalue weighted by Gasteiger charge is 2.11. The summed E-state index contributed by atoms with van der Waals surface area (Å²) in [7, 11) is 1.59. The van der Waals surface area contributed by atoms with Gasteiger partial charge in [0.2, 0.25) is 0 Å². The summed E-state index contributed by atoms with van der Waals surface area (Å²) < 4.78 is 11.1. The highest BCUT2D eigenvalue weighted by atomic mass is 16.5. The van der Waals surface area contributed by atoms with E-state index in [0.29, 0.717) is 17.1 Å². The van der Waals surface area contributed by atoms with Crippen molar-refractivity contribution >= 4 is 5.84 Å². The summed E-state index contributed by atoms with van der Waals surface area (Å²) >= 11 is 0. The van der Waals surface area contributed by atoms with E-state index in [-0.39, 0.29) is 5.84 Å². The van der Waals surface area contributed by atoms with Crippen molar-refractivity contribution in [1.82, 2.24) is 0 Å². The second-order valence-corrected chi connectivity index (χ2v) is 4.58. The van der Waals surface area contributed by atoms with Crippen LogP contribution in [0.25, 0.3) is 0 Å². The molecule has 0 aliphatic heterocycles. The maximum atomic E-state index is 7.62. The number of benzene rings is 2. The maximum absolute atomic E-state index is 7.62. The lowest BCUT2D eigenvalue weighted by Gasteiger charge is -2.14. The van der Waals surface area contributed by atoms with Crippen LogP contribution in [0.2, 0.25) is 0 Å². The van der Waals surface area contributed by atoms with E-state index in [2.05, 4.69) is 0 Å². The molecule has 2 aromatic rings. The number of nitrogens with one attached hydrogen (secondary N) is 1. The molecule has 0 unspecified atom stereocenters. The molecule has 2 aromatic carbocycles. The van der Waals surface area contributed by atoms with Crippen LogP contribution in [0.3, 0.4) is 0 Å². The number of ether oxygens (including phenoxy) is 2. The Morgan fingerprint density at radius 1 is 1.10 bits per heavy atom. The minimum Gasteiger partial charge on any atom is -0.497 e. The summed E-state index contributed by atoms with van der Waals surface area (Å²) in [5.74, 6) is 1.90. The van der Waals surface area contributed by atoms with E-state index in [0.717, 1.165) is 16.9 Å². The number of rotatable bonds is 4. The molecular formula is C16H18N2O2. The Bertz CT molecular complexity index is 651. The SMILES string of the molecule is COc1ccc(C(=N)N)c(Oc2cccc(C)c2C)c1. The second-order valence-electron chi connectivity index (χ2n) is 4.58. The van der Waals surface area contributed by atoms with E-state index in [1.54, 1.807) is 25.3 Å². The largest absolute Gasteiger partial charge is 0.497 e. The van der Waals surface area contributed by atoms with E-state index < -0.39 is 0 Å². The molecule has 20 heavy (non-hydrogen) atoms. The Labute approximate surface area is 118 Å². The topological polar surface area (TPSA) is 68.3 Å². The zero-order chi connectivity index (χ0) is 14.7. The van der Waals surface area contributed by atoms with E-state index in [9.17, 15) is 0 Å². The summed E-state index contributed by atoms with van der Waals surface area (Å²) in [6.45, 7) is 4.03. The highest BCUT2D eigenvalue weighted by Crippen LogP contribution is 2.31. The van der Waals surface area contributed by atoms with Crippen LogP contribution < -0.4 is 15.2 Å². The Morgan fingerprint density at radius 3 is 2.50 bits per heavy atom. The zero-order valence-corrected chi connectivity index (χ0v) is 11.9. The fourth-order valence-electron chi connectivity index (χ4n) is 1.89. The van der Waals surface area contributed by atoms with E-state index in [1.807, 2.05) is 32.0 Å². The molecule has 0 heterocycles. The van der Waals surface area contributed by atoms with Crippen LogP contribution in [0.15, 0.2) is 36.4 Å². The molecule has 0 saturated heterocycles. The molecule has 4 heteroatoms. The van der Waals surface area contributed by atoms with Crippen LogP contribution in [0.1, 0.15) is 16.7 Å². The monoisotopic (exact) mass is 270 g/mol. The Balaban J connectivity index is 2.46. The van der Waals surface area contributed by atoms with Gasteiger partial charge in [0, 0.05) is 6.07 Å². The Morgan fingerprint density at radius 2 is 1.85 bits per heavy atom. The molecule has 0 spiro atoms. The summed E-state index contributed by atoms with van der Waals surface area (Å²) in [5.41, 5.74) is 8.35. The number of methoxy groups -OCH3 is 1. The third kappa shape index (κ3) is 2.74. The summed E-state index contributed by atoms with van der Waals surface area (Å²) in [6.07, 6.45) is 0. The first-order valence-corrected chi connectivity index (χ1v) is 6.29. The maximum Gasteiger partial charge on any atom is 0.142 e. The zero-order valence-electron chi connectivity index (χ0n) is 11.9. The standard InChI is InChI=1S/C16H18N2O2/c1-10-5-4-6-14(11(10)2)20-15-9-12(19-3)7-8-13(15)16(17)18/h4-9H,1-3H3,(H3,17,18).